The van der Waals surface area contributed by atoms with Crippen LogP contribution in [0.25, 0.3) is 0 Å². The van der Waals surface area contributed by atoms with Crippen LogP contribution in [-0.2, 0) is 18.8 Å². The van der Waals surface area contributed by atoms with Crippen LogP contribution in [0.5, 0.6) is 0 Å². The van der Waals surface area contributed by atoms with Crippen LogP contribution in [0.2, 0.25) is 0 Å². The molecule has 0 aliphatic heterocycles. The summed E-state index contributed by atoms with van der Waals surface area (Å²) >= 11 is 1.73. The van der Waals surface area contributed by atoms with Crippen molar-refractivity contribution in [3.63, 3.8) is 0 Å². The molecule has 0 atom stereocenters. The number of hydrogen-bond donors (Lipinski definition) is 1. The molecule has 0 amide bonds. The van der Waals surface area contributed by atoms with E-state index in [-0.39, 0.29) is 5.82 Å². The van der Waals surface area contributed by atoms with Crippen molar-refractivity contribution in [3.8, 4) is 0 Å². The highest BCUT2D eigenvalue weighted by atomic mass is 32.2. The fraction of sp³-hybridized carbons (Fsp3) is 0.286. The van der Waals surface area contributed by atoms with E-state index >= 15 is 0 Å². The molecule has 4 heteroatoms. The SMILES string of the molecule is CSCc1ccc(CNCc2cccc(F)c2)o1. The first kappa shape index (κ1) is 13.2. The van der Waals surface area contributed by atoms with E-state index in [1.807, 2.05) is 24.5 Å². The van der Waals surface area contributed by atoms with Crippen molar-refractivity contribution in [2.75, 3.05) is 6.26 Å². The molecule has 0 spiro atoms. The molecule has 96 valence electrons. The summed E-state index contributed by atoms with van der Waals surface area (Å²) in [6.07, 6.45) is 2.05. The maximum atomic E-state index is 13.0. The molecule has 1 N–H and O–H groups in total. The van der Waals surface area contributed by atoms with E-state index < -0.39 is 0 Å². The van der Waals surface area contributed by atoms with E-state index in [0.717, 1.165) is 22.8 Å². The largest absolute Gasteiger partial charge is 0.464 e. The van der Waals surface area contributed by atoms with Gasteiger partial charge in [-0.15, -0.1) is 0 Å². The first-order chi connectivity index (χ1) is 8.78. The summed E-state index contributed by atoms with van der Waals surface area (Å²) in [6.45, 7) is 1.29. The quantitative estimate of drug-likeness (QED) is 0.864. The summed E-state index contributed by atoms with van der Waals surface area (Å²) in [7, 11) is 0. The van der Waals surface area contributed by atoms with Crippen LogP contribution in [0.3, 0.4) is 0 Å². The molecule has 2 nitrogen and oxygen atoms in total. The van der Waals surface area contributed by atoms with Crippen LogP contribution >= 0.6 is 11.8 Å². The van der Waals surface area contributed by atoms with Gasteiger partial charge < -0.3 is 9.73 Å². The van der Waals surface area contributed by atoms with E-state index in [1.165, 1.54) is 12.1 Å². The average Bonchev–Trinajstić information content (AvgIpc) is 2.78. The zero-order chi connectivity index (χ0) is 12.8. The Labute approximate surface area is 111 Å². The van der Waals surface area contributed by atoms with E-state index in [2.05, 4.69) is 5.32 Å². The molecule has 0 fully saturated rings. The maximum absolute atomic E-state index is 13.0. The lowest BCUT2D eigenvalue weighted by Gasteiger charge is -2.03. The summed E-state index contributed by atoms with van der Waals surface area (Å²) in [6, 6.07) is 10.6. The van der Waals surface area contributed by atoms with Crippen molar-refractivity contribution in [2.24, 2.45) is 0 Å². The van der Waals surface area contributed by atoms with Crippen molar-refractivity contribution in [3.05, 3.63) is 59.3 Å². The zero-order valence-corrected chi connectivity index (χ0v) is 11.1. The number of thioether (sulfide) groups is 1. The van der Waals surface area contributed by atoms with Gasteiger partial charge in [-0.3, -0.25) is 0 Å². The van der Waals surface area contributed by atoms with E-state index in [1.54, 1.807) is 17.8 Å². The minimum atomic E-state index is -0.199. The average molecular weight is 265 g/mol. The number of hydrogen-bond acceptors (Lipinski definition) is 3. The monoisotopic (exact) mass is 265 g/mol. The molecular weight excluding hydrogens is 249 g/mol. The number of benzene rings is 1. The Morgan fingerprint density at radius 3 is 2.78 bits per heavy atom. The minimum Gasteiger partial charge on any atom is -0.464 e. The van der Waals surface area contributed by atoms with Crippen LogP contribution in [0.4, 0.5) is 4.39 Å². The lowest BCUT2D eigenvalue weighted by Crippen LogP contribution is -2.12. The minimum absolute atomic E-state index is 0.199. The fourth-order valence-electron chi connectivity index (χ4n) is 1.71. The summed E-state index contributed by atoms with van der Waals surface area (Å²) < 4.78 is 18.6. The Bertz CT molecular complexity index is 498. The number of halogens is 1. The zero-order valence-electron chi connectivity index (χ0n) is 10.3. The highest BCUT2D eigenvalue weighted by molar-refractivity contribution is 7.97. The predicted molar refractivity (Wildman–Crippen MR) is 72.9 cm³/mol. The molecule has 2 rings (SSSR count). The van der Waals surface area contributed by atoms with Crippen LogP contribution in [0, 0.1) is 5.82 Å². The summed E-state index contributed by atoms with van der Waals surface area (Å²) in [5, 5.41) is 3.23. The lowest BCUT2D eigenvalue weighted by molar-refractivity contribution is 0.459. The fourth-order valence-corrected chi connectivity index (χ4v) is 2.15. The van der Waals surface area contributed by atoms with Crippen molar-refractivity contribution < 1.29 is 8.81 Å². The standard InChI is InChI=1S/C14H16FNOS/c1-18-10-14-6-5-13(17-14)9-16-8-11-3-2-4-12(15)7-11/h2-7,16H,8-10H2,1H3. The Morgan fingerprint density at radius 2 is 2.00 bits per heavy atom. The molecule has 0 unspecified atom stereocenters. The lowest BCUT2D eigenvalue weighted by atomic mass is 10.2. The second-order valence-electron chi connectivity index (χ2n) is 4.03. The Hall–Kier alpha value is -1.26. The molecule has 0 aliphatic rings. The Kier molecular flexibility index (Phi) is 4.84. The Balaban J connectivity index is 1.81. The third kappa shape index (κ3) is 3.89. The molecule has 2 aromatic rings. The molecule has 1 aromatic carbocycles. The van der Waals surface area contributed by atoms with E-state index in [0.29, 0.717) is 13.1 Å². The first-order valence-corrected chi connectivity index (χ1v) is 7.19. The predicted octanol–water partition coefficient (Wildman–Crippen LogP) is 3.57. The van der Waals surface area contributed by atoms with Gasteiger partial charge in [0, 0.05) is 6.54 Å². The smallest absolute Gasteiger partial charge is 0.123 e. The van der Waals surface area contributed by atoms with E-state index in [9.17, 15) is 4.39 Å². The van der Waals surface area contributed by atoms with Gasteiger partial charge in [-0.25, -0.2) is 4.39 Å². The molecule has 0 saturated carbocycles. The molecule has 0 aliphatic carbocycles. The second kappa shape index (κ2) is 6.61. The molecule has 0 bridgehead atoms. The van der Waals surface area contributed by atoms with Gasteiger partial charge in [-0.2, -0.15) is 11.8 Å². The van der Waals surface area contributed by atoms with Crippen LogP contribution in [0.15, 0.2) is 40.8 Å². The topological polar surface area (TPSA) is 25.2 Å². The van der Waals surface area contributed by atoms with Gasteiger partial charge in [0.15, 0.2) is 0 Å². The summed E-state index contributed by atoms with van der Waals surface area (Å²) in [4.78, 5) is 0. The second-order valence-corrected chi connectivity index (χ2v) is 4.90. The van der Waals surface area contributed by atoms with Gasteiger partial charge in [0.2, 0.25) is 0 Å². The summed E-state index contributed by atoms with van der Waals surface area (Å²) in [5.41, 5.74) is 0.936. The number of furan rings is 1. The van der Waals surface area contributed by atoms with Gasteiger partial charge >= 0.3 is 0 Å². The van der Waals surface area contributed by atoms with Crippen LogP contribution in [0.1, 0.15) is 17.1 Å². The highest BCUT2D eigenvalue weighted by Gasteiger charge is 2.01. The van der Waals surface area contributed by atoms with Gasteiger partial charge in [-0.1, -0.05) is 12.1 Å². The van der Waals surface area contributed by atoms with Crippen LogP contribution in [-0.4, -0.2) is 6.26 Å². The highest BCUT2D eigenvalue weighted by Crippen LogP contribution is 2.13. The van der Waals surface area contributed by atoms with Gasteiger partial charge in [0.1, 0.15) is 17.3 Å². The molecule has 1 aromatic heterocycles. The molecule has 0 radical (unpaired) electrons. The maximum Gasteiger partial charge on any atom is 0.123 e. The third-order valence-electron chi connectivity index (χ3n) is 2.52. The van der Waals surface area contributed by atoms with Crippen LogP contribution < -0.4 is 5.32 Å². The molecule has 1 heterocycles. The normalized spacial score (nSPS) is 10.8. The summed E-state index contributed by atoms with van der Waals surface area (Å²) in [5.74, 6) is 2.60. The molecule has 0 saturated heterocycles. The van der Waals surface area contributed by atoms with Gasteiger partial charge in [0.05, 0.1) is 12.3 Å². The van der Waals surface area contributed by atoms with Crippen molar-refractivity contribution in [2.45, 2.75) is 18.8 Å². The van der Waals surface area contributed by atoms with Crippen molar-refractivity contribution in [1.82, 2.24) is 5.32 Å². The molecular formula is C14H16FNOS. The molecule has 18 heavy (non-hydrogen) atoms. The van der Waals surface area contributed by atoms with Gasteiger partial charge in [0.25, 0.3) is 0 Å². The van der Waals surface area contributed by atoms with E-state index in [4.69, 9.17) is 4.42 Å². The number of rotatable bonds is 6. The van der Waals surface area contributed by atoms with Crippen molar-refractivity contribution >= 4 is 11.8 Å². The van der Waals surface area contributed by atoms with Crippen molar-refractivity contribution in [1.29, 1.82) is 0 Å². The third-order valence-corrected chi connectivity index (χ3v) is 3.09. The van der Waals surface area contributed by atoms with Gasteiger partial charge in [-0.05, 0) is 36.1 Å². The first-order valence-electron chi connectivity index (χ1n) is 5.79. The number of nitrogens with one attached hydrogen (secondary N) is 1. The Morgan fingerprint density at radius 1 is 1.17 bits per heavy atom.